The van der Waals surface area contributed by atoms with Crippen LogP contribution in [0.25, 0.3) is 22.2 Å². The number of hydrogen-bond donors (Lipinski definition) is 1. The highest BCUT2D eigenvalue weighted by Gasteiger charge is 2.08. The molecule has 26 heavy (non-hydrogen) atoms. The molecule has 0 unspecified atom stereocenters. The number of nitrogens with zero attached hydrogens (tertiary/aromatic N) is 5. The summed E-state index contributed by atoms with van der Waals surface area (Å²) in [5.74, 6) is -0.429. The third-order valence-corrected chi connectivity index (χ3v) is 4.14. The number of aliphatic imine (C=N–C) groups is 1. The van der Waals surface area contributed by atoms with Crippen LogP contribution in [0.4, 0.5) is 5.95 Å². The summed E-state index contributed by atoms with van der Waals surface area (Å²) in [5, 5.41) is 26.6. The summed E-state index contributed by atoms with van der Waals surface area (Å²) >= 11 is 0. The lowest BCUT2D eigenvalue weighted by Gasteiger charge is -2.15. The van der Waals surface area contributed by atoms with Crippen LogP contribution in [-0.2, 0) is 6.42 Å². The molecule has 0 fully saturated rings. The maximum atomic E-state index is 12.7. The molecule has 0 saturated heterocycles. The number of rotatable bonds is 4. The molecule has 0 bridgehead atoms. The average Bonchev–Trinajstić information content (AvgIpc) is 3.20. The number of para-hydroxylation sites is 1. The minimum absolute atomic E-state index is 0.00439. The number of H-pyrrole nitrogens is 1. The zero-order valence-electron chi connectivity index (χ0n) is 14.0. The molecule has 0 atom stereocenters. The molecule has 0 aliphatic carbocycles. The lowest BCUT2D eigenvalue weighted by molar-refractivity contribution is -0.212. The third kappa shape index (κ3) is 3.02. The number of benzene rings is 2. The second-order valence-electron chi connectivity index (χ2n) is 5.75. The Morgan fingerprint density at radius 1 is 1.12 bits per heavy atom. The van der Waals surface area contributed by atoms with Gasteiger partial charge in [-0.1, -0.05) is 54.5 Å². The molecule has 2 aromatic heterocycles. The van der Waals surface area contributed by atoms with Crippen molar-refractivity contribution >= 4 is 22.7 Å². The van der Waals surface area contributed by atoms with Gasteiger partial charge in [0.2, 0.25) is 0 Å². The number of tetrazole rings is 1. The Bertz CT molecular complexity index is 1070. The molecule has 4 rings (SSSR count). The topological polar surface area (TPSA) is 103 Å². The van der Waals surface area contributed by atoms with Crippen LogP contribution < -0.4 is 5.11 Å². The van der Waals surface area contributed by atoms with Crippen molar-refractivity contribution in [1.82, 2.24) is 25.6 Å². The molecule has 4 aromatic rings. The molecule has 0 spiro atoms. The first-order valence-corrected chi connectivity index (χ1v) is 8.23. The summed E-state index contributed by atoms with van der Waals surface area (Å²) in [7, 11) is 0. The molecule has 128 valence electrons. The van der Waals surface area contributed by atoms with Gasteiger partial charge in [0.1, 0.15) is 0 Å². The minimum atomic E-state index is -0.434. The summed E-state index contributed by atoms with van der Waals surface area (Å²) in [6, 6.07) is 17.4. The fourth-order valence-electron chi connectivity index (χ4n) is 2.77. The van der Waals surface area contributed by atoms with Gasteiger partial charge in [0.25, 0.3) is 5.95 Å². The van der Waals surface area contributed by atoms with Crippen molar-refractivity contribution in [2.75, 3.05) is 0 Å². The SMILES string of the molecule is CCc1ccc(-c2cc(C([O-])=Nc3nn[nH]n3)c3ccccc3n2)cc1. The van der Waals surface area contributed by atoms with Gasteiger partial charge in [-0.2, -0.15) is 5.21 Å². The molecule has 0 aliphatic heterocycles. The highest BCUT2D eigenvalue weighted by Crippen LogP contribution is 2.25. The lowest BCUT2D eigenvalue weighted by atomic mass is 10.0. The largest absolute Gasteiger partial charge is 0.858 e. The van der Waals surface area contributed by atoms with E-state index in [9.17, 15) is 5.11 Å². The van der Waals surface area contributed by atoms with E-state index in [1.54, 1.807) is 6.07 Å². The highest BCUT2D eigenvalue weighted by molar-refractivity contribution is 6.05. The normalized spacial score (nSPS) is 11.8. The number of aryl methyl sites for hydroxylation is 1. The van der Waals surface area contributed by atoms with Crippen LogP contribution in [0.5, 0.6) is 0 Å². The molecule has 1 N–H and O–H groups in total. The summed E-state index contributed by atoms with van der Waals surface area (Å²) < 4.78 is 0. The van der Waals surface area contributed by atoms with Crippen LogP contribution in [0, 0.1) is 0 Å². The fraction of sp³-hybridized carbons (Fsp3) is 0.105. The quantitative estimate of drug-likeness (QED) is 0.453. The Morgan fingerprint density at radius 3 is 2.65 bits per heavy atom. The zero-order chi connectivity index (χ0) is 17.9. The number of aromatic nitrogens is 5. The van der Waals surface area contributed by atoms with Gasteiger partial charge in [-0.05, 0) is 40.8 Å². The van der Waals surface area contributed by atoms with Crippen LogP contribution in [0.1, 0.15) is 18.1 Å². The molecule has 2 aromatic carbocycles. The number of pyridine rings is 1. The highest BCUT2D eigenvalue weighted by atomic mass is 16.3. The van der Waals surface area contributed by atoms with E-state index in [4.69, 9.17) is 4.98 Å². The van der Waals surface area contributed by atoms with E-state index in [2.05, 4.69) is 44.7 Å². The number of fused-ring (bicyclic) bond motifs is 1. The Balaban J connectivity index is 1.88. The second-order valence-corrected chi connectivity index (χ2v) is 5.75. The standard InChI is InChI=1S/C19H16N6O/c1-2-12-7-9-13(10-8-12)17-11-15(14-5-3-4-6-16(14)20-17)18(26)21-19-22-24-25-23-19/h3-11H,2H2,1H3,(H2,21,22,23,24,25,26)/p-1. The Hall–Kier alpha value is -3.61. The van der Waals surface area contributed by atoms with Crippen molar-refractivity contribution in [3.8, 4) is 11.3 Å². The van der Waals surface area contributed by atoms with Gasteiger partial charge in [-0.15, -0.1) is 5.10 Å². The number of aromatic amines is 1. The number of hydrogen-bond acceptors (Lipinski definition) is 6. The van der Waals surface area contributed by atoms with Crippen molar-refractivity contribution < 1.29 is 5.11 Å². The molecule has 7 heteroatoms. The molecular weight excluding hydrogens is 328 g/mol. The summed E-state index contributed by atoms with van der Waals surface area (Å²) in [6.07, 6.45) is 0.971. The van der Waals surface area contributed by atoms with E-state index in [0.717, 1.165) is 28.6 Å². The third-order valence-electron chi connectivity index (χ3n) is 4.14. The average molecular weight is 343 g/mol. The first-order valence-electron chi connectivity index (χ1n) is 8.23. The van der Waals surface area contributed by atoms with E-state index >= 15 is 0 Å². The Labute approximate surface area is 149 Å². The smallest absolute Gasteiger partial charge is 0.288 e. The Kier molecular flexibility index (Phi) is 4.10. The molecule has 7 nitrogen and oxygen atoms in total. The van der Waals surface area contributed by atoms with Crippen molar-refractivity contribution in [1.29, 1.82) is 0 Å². The van der Waals surface area contributed by atoms with Crippen molar-refractivity contribution in [2.24, 2.45) is 4.99 Å². The van der Waals surface area contributed by atoms with Crippen LogP contribution in [-0.4, -0.2) is 31.5 Å². The van der Waals surface area contributed by atoms with Gasteiger partial charge in [0, 0.05) is 10.9 Å². The van der Waals surface area contributed by atoms with Crippen molar-refractivity contribution in [2.45, 2.75) is 13.3 Å². The fourth-order valence-corrected chi connectivity index (χ4v) is 2.77. The van der Waals surface area contributed by atoms with E-state index in [0.29, 0.717) is 5.56 Å². The second kappa shape index (κ2) is 6.72. The first-order chi connectivity index (χ1) is 12.7. The summed E-state index contributed by atoms with van der Waals surface area (Å²) in [4.78, 5) is 8.62. The van der Waals surface area contributed by atoms with Gasteiger partial charge in [0.15, 0.2) is 0 Å². The predicted molar refractivity (Wildman–Crippen MR) is 96.9 cm³/mol. The zero-order valence-corrected chi connectivity index (χ0v) is 14.0. The Morgan fingerprint density at radius 2 is 1.92 bits per heavy atom. The molecule has 0 radical (unpaired) electrons. The molecular formula is C19H15N6O-. The predicted octanol–water partition coefficient (Wildman–Crippen LogP) is 2.42. The lowest BCUT2D eigenvalue weighted by Crippen LogP contribution is -2.19. The molecule has 0 aliphatic rings. The van der Waals surface area contributed by atoms with Crippen molar-refractivity contribution in [3.05, 3.63) is 65.7 Å². The van der Waals surface area contributed by atoms with Crippen LogP contribution >= 0.6 is 0 Å². The number of nitrogens with one attached hydrogen (secondary N) is 1. The van der Waals surface area contributed by atoms with E-state index in [1.807, 2.05) is 36.4 Å². The molecule has 0 saturated carbocycles. The van der Waals surface area contributed by atoms with Crippen molar-refractivity contribution in [3.63, 3.8) is 0 Å². The summed E-state index contributed by atoms with van der Waals surface area (Å²) in [5.41, 5.74) is 4.10. The maximum absolute atomic E-state index is 12.7. The van der Waals surface area contributed by atoms with Gasteiger partial charge in [-0.3, -0.25) is 0 Å². The van der Waals surface area contributed by atoms with Gasteiger partial charge in [-0.25, -0.2) is 9.98 Å². The van der Waals surface area contributed by atoms with Gasteiger partial charge < -0.3 is 5.11 Å². The monoisotopic (exact) mass is 343 g/mol. The van der Waals surface area contributed by atoms with E-state index in [-0.39, 0.29) is 5.95 Å². The maximum Gasteiger partial charge on any atom is 0.288 e. The van der Waals surface area contributed by atoms with Gasteiger partial charge in [0.05, 0.1) is 11.2 Å². The van der Waals surface area contributed by atoms with E-state index < -0.39 is 5.90 Å². The van der Waals surface area contributed by atoms with E-state index in [1.165, 1.54) is 5.56 Å². The van der Waals surface area contributed by atoms with Crippen LogP contribution in [0.15, 0.2) is 59.6 Å². The summed E-state index contributed by atoms with van der Waals surface area (Å²) in [6.45, 7) is 2.11. The minimum Gasteiger partial charge on any atom is -0.858 e. The van der Waals surface area contributed by atoms with Gasteiger partial charge >= 0.3 is 0 Å². The molecule has 0 amide bonds. The molecule has 2 heterocycles. The van der Waals surface area contributed by atoms with Crippen LogP contribution in [0.2, 0.25) is 0 Å². The first kappa shape index (κ1) is 15.9. The van der Waals surface area contributed by atoms with Crippen LogP contribution in [0.3, 0.4) is 0 Å².